The van der Waals surface area contributed by atoms with Gasteiger partial charge in [0.25, 0.3) is 0 Å². The standard InChI is InChI=1S/C14H14ClN3S/c1-14(2,9-16)10-3-5-11(6-4-10)17-8-13-18-7-12(15)19-13/h3-7,17H,8H2,1-2H3. The molecular weight excluding hydrogens is 278 g/mol. The Bertz CT molecular complexity index is 596. The van der Waals surface area contributed by atoms with Crippen molar-refractivity contribution in [2.75, 3.05) is 5.32 Å². The predicted octanol–water partition coefficient (Wildman–Crippen LogP) is 4.21. The molecule has 1 heterocycles. The molecule has 0 aliphatic rings. The Morgan fingerprint density at radius 3 is 2.58 bits per heavy atom. The van der Waals surface area contributed by atoms with Gasteiger partial charge in [0.15, 0.2) is 0 Å². The van der Waals surface area contributed by atoms with E-state index < -0.39 is 5.41 Å². The van der Waals surface area contributed by atoms with E-state index in [0.717, 1.165) is 16.3 Å². The molecule has 0 bridgehead atoms. The summed E-state index contributed by atoms with van der Waals surface area (Å²) in [5.74, 6) is 0. The molecule has 2 aromatic rings. The third-order valence-corrected chi connectivity index (χ3v) is 3.97. The normalized spacial score (nSPS) is 11.1. The minimum Gasteiger partial charge on any atom is -0.379 e. The molecule has 0 aliphatic heterocycles. The van der Waals surface area contributed by atoms with Gasteiger partial charge in [-0.25, -0.2) is 4.98 Å². The highest BCUT2D eigenvalue weighted by Crippen LogP contribution is 2.24. The second-order valence-corrected chi connectivity index (χ2v) is 6.47. The fraction of sp³-hybridized carbons (Fsp3) is 0.286. The number of hydrogen-bond acceptors (Lipinski definition) is 4. The highest BCUT2D eigenvalue weighted by Gasteiger charge is 2.18. The maximum absolute atomic E-state index is 9.09. The van der Waals surface area contributed by atoms with Crippen molar-refractivity contribution in [1.82, 2.24) is 4.98 Å². The van der Waals surface area contributed by atoms with E-state index in [-0.39, 0.29) is 0 Å². The van der Waals surface area contributed by atoms with Crippen molar-refractivity contribution in [2.45, 2.75) is 25.8 Å². The zero-order chi connectivity index (χ0) is 13.9. The Morgan fingerprint density at radius 2 is 2.05 bits per heavy atom. The summed E-state index contributed by atoms with van der Waals surface area (Å²) in [4.78, 5) is 4.18. The summed E-state index contributed by atoms with van der Waals surface area (Å²) in [6, 6.07) is 10.2. The number of nitrogens with zero attached hydrogens (tertiary/aromatic N) is 2. The van der Waals surface area contributed by atoms with Gasteiger partial charge in [0, 0.05) is 5.69 Å². The van der Waals surface area contributed by atoms with Gasteiger partial charge in [0.2, 0.25) is 0 Å². The van der Waals surface area contributed by atoms with Gasteiger partial charge in [-0.15, -0.1) is 11.3 Å². The second kappa shape index (κ2) is 5.60. The molecule has 0 fully saturated rings. The molecule has 0 amide bonds. The number of nitriles is 1. The molecule has 0 unspecified atom stereocenters. The van der Waals surface area contributed by atoms with Gasteiger partial charge in [-0.1, -0.05) is 23.7 Å². The van der Waals surface area contributed by atoms with Gasteiger partial charge in [0.05, 0.1) is 24.2 Å². The third-order valence-electron chi connectivity index (χ3n) is 2.86. The van der Waals surface area contributed by atoms with Crippen molar-refractivity contribution in [3.8, 4) is 6.07 Å². The van der Waals surface area contributed by atoms with Gasteiger partial charge in [0.1, 0.15) is 9.34 Å². The molecule has 19 heavy (non-hydrogen) atoms. The quantitative estimate of drug-likeness (QED) is 0.918. The van der Waals surface area contributed by atoms with Crippen LogP contribution < -0.4 is 5.32 Å². The van der Waals surface area contributed by atoms with Crippen molar-refractivity contribution < 1.29 is 0 Å². The molecule has 0 saturated heterocycles. The van der Waals surface area contributed by atoms with E-state index >= 15 is 0 Å². The number of halogens is 1. The van der Waals surface area contributed by atoms with Gasteiger partial charge >= 0.3 is 0 Å². The first kappa shape index (κ1) is 13.9. The maximum Gasteiger partial charge on any atom is 0.113 e. The number of anilines is 1. The highest BCUT2D eigenvalue weighted by atomic mass is 35.5. The van der Waals surface area contributed by atoms with Gasteiger partial charge in [-0.3, -0.25) is 0 Å². The molecule has 0 aliphatic carbocycles. The number of rotatable bonds is 4. The maximum atomic E-state index is 9.09. The summed E-state index contributed by atoms with van der Waals surface area (Å²) in [6.45, 7) is 4.47. The molecule has 5 heteroatoms. The monoisotopic (exact) mass is 291 g/mol. The van der Waals surface area contributed by atoms with Crippen LogP contribution in [0, 0.1) is 11.3 Å². The van der Waals surface area contributed by atoms with Crippen LogP contribution in [-0.2, 0) is 12.0 Å². The number of nitrogens with one attached hydrogen (secondary N) is 1. The molecule has 0 spiro atoms. The SMILES string of the molecule is CC(C)(C#N)c1ccc(NCc2ncc(Cl)s2)cc1. The van der Waals surface area contributed by atoms with E-state index in [4.69, 9.17) is 16.9 Å². The van der Waals surface area contributed by atoms with Crippen molar-refractivity contribution >= 4 is 28.6 Å². The molecule has 1 aromatic heterocycles. The molecular formula is C14H14ClN3S. The number of benzene rings is 1. The first-order valence-electron chi connectivity index (χ1n) is 5.87. The zero-order valence-corrected chi connectivity index (χ0v) is 12.3. The lowest BCUT2D eigenvalue weighted by molar-refractivity contribution is 0.687. The highest BCUT2D eigenvalue weighted by molar-refractivity contribution is 7.15. The van der Waals surface area contributed by atoms with Gasteiger partial charge < -0.3 is 5.32 Å². The first-order chi connectivity index (χ1) is 9.01. The van der Waals surface area contributed by atoms with E-state index in [0.29, 0.717) is 10.9 Å². The summed E-state index contributed by atoms with van der Waals surface area (Å²) < 4.78 is 0.697. The fourth-order valence-corrected chi connectivity index (χ4v) is 2.51. The van der Waals surface area contributed by atoms with Crippen LogP contribution in [0.25, 0.3) is 0 Å². The molecule has 1 aromatic carbocycles. The lowest BCUT2D eigenvalue weighted by Gasteiger charge is -2.16. The average molecular weight is 292 g/mol. The number of aromatic nitrogens is 1. The lowest BCUT2D eigenvalue weighted by Crippen LogP contribution is -2.13. The molecule has 0 radical (unpaired) electrons. The summed E-state index contributed by atoms with van der Waals surface area (Å²) in [5.41, 5.74) is 1.56. The average Bonchev–Trinajstić information content (AvgIpc) is 2.83. The number of hydrogen-bond donors (Lipinski definition) is 1. The Labute approximate surface area is 121 Å². The van der Waals surface area contributed by atoms with Crippen LogP contribution in [0.4, 0.5) is 5.69 Å². The Balaban J connectivity index is 2.02. The largest absolute Gasteiger partial charge is 0.379 e. The van der Waals surface area contributed by atoms with Crippen molar-refractivity contribution in [2.24, 2.45) is 0 Å². The van der Waals surface area contributed by atoms with E-state index in [1.807, 2.05) is 38.1 Å². The summed E-state index contributed by atoms with van der Waals surface area (Å²) in [6.07, 6.45) is 1.65. The van der Waals surface area contributed by atoms with Gasteiger partial charge in [-0.2, -0.15) is 5.26 Å². The van der Waals surface area contributed by atoms with E-state index in [9.17, 15) is 0 Å². The Morgan fingerprint density at radius 1 is 1.37 bits per heavy atom. The molecule has 0 saturated carbocycles. The minimum atomic E-state index is -0.457. The summed E-state index contributed by atoms with van der Waals surface area (Å²) in [7, 11) is 0. The molecule has 1 N–H and O–H groups in total. The first-order valence-corrected chi connectivity index (χ1v) is 7.06. The van der Waals surface area contributed by atoms with Crippen LogP contribution in [0.3, 0.4) is 0 Å². The van der Waals surface area contributed by atoms with Crippen LogP contribution >= 0.6 is 22.9 Å². The van der Waals surface area contributed by atoms with Crippen molar-refractivity contribution in [3.63, 3.8) is 0 Å². The van der Waals surface area contributed by atoms with Crippen LogP contribution in [0.1, 0.15) is 24.4 Å². The van der Waals surface area contributed by atoms with Crippen molar-refractivity contribution in [3.05, 3.63) is 45.4 Å². The van der Waals surface area contributed by atoms with E-state index in [1.54, 1.807) is 6.20 Å². The van der Waals surface area contributed by atoms with Crippen LogP contribution in [-0.4, -0.2) is 4.98 Å². The topological polar surface area (TPSA) is 48.7 Å². The van der Waals surface area contributed by atoms with Crippen molar-refractivity contribution in [1.29, 1.82) is 5.26 Å². The fourth-order valence-electron chi connectivity index (χ4n) is 1.62. The van der Waals surface area contributed by atoms with E-state index in [1.165, 1.54) is 11.3 Å². The lowest BCUT2D eigenvalue weighted by atomic mass is 9.86. The minimum absolute atomic E-state index is 0.457. The van der Waals surface area contributed by atoms with Crippen LogP contribution in [0.5, 0.6) is 0 Å². The molecule has 98 valence electrons. The second-order valence-electron chi connectivity index (χ2n) is 4.73. The van der Waals surface area contributed by atoms with Gasteiger partial charge in [-0.05, 0) is 31.5 Å². The predicted molar refractivity (Wildman–Crippen MR) is 79.5 cm³/mol. The van der Waals surface area contributed by atoms with Crippen LogP contribution in [0.2, 0.25) is 4.34 Å². The zero-order valence-electron chi connectivity index (χ0n) is 10.8. The van der Waals surface area contributed by atoms with Crippen LogP contribution in [0.15, 0.2) is 30.5 Å². The molecule has 2 rings (SSSR count). The van der Waals surface area contributed by atoms with E-state index in [2.05, 4.69) is 16.4 Å². The number of thiazole rings is 1. The summed E-state index contributed by atoms with van der Waals surface area (Å²) >= 11 is 7.29. The smallest absolute Gasteiger partial charge is 0.113 e. The Kier molecular flexibility index (Phi) is 4.08. The summed E-state index contributed by atoms with van der Waals surface area (Å²) in [5, 5.41) is 13.3. The molecule has 0 atom stereocenters. The Hall–Kier alpha value is -1.57. The molecule has 3 nitrogen and oxygen atoms in total. The third kappa shape index (κ3) is 3.46.